The van der Waals surface area contributed by atoms with Gasteiger partial charge in [-0.3, -0.25) is 4.79 Å². The molecule has 17 heavy (non-hydrogen) atoms. The summed E-state index contributed by atoms with van der Waals surface area (Å²) >= 11 is 0. The zero-order valence-electron chi connectivity index (χ0n) is 10.6. The molecule has 0 bridgehead atoms. The van der Waals surface area contributed by atoms with Crippen molar-refractivity contribution < 1.29 is 4.79 Å². The molecule has 2 nitrogen and oxygen atoms in total. The number of nitrogens with zero attached hydrogens (tertiary/aromatic N) is 1. The van der Waals surface area contributed by atoms with Gasteiger partial charge >= 0.3 is 0 Å². The van der Waals surface area contributed by atoms with Crippen LogP contribution in [-0.2, 0) is 6.42 Å². The van der Waals surface area contributed by atoms with E-state index in [4.69, 9.17) is 0 Å². The summed E-state index contributed by atoms with van der Waals surface area (Å²) in [5.74, 6) is 0.272. The van der Waals surface area contributed by atoms with Crippen LogP contribution in [-0.4, -0.2) is 23.4 Å². The third kappa shape index (κ3) is 1.67. The van der Waals surface area contributed by atoms with E-state index in [1.807, 2.05) is 0 Å². The maximum Gasteiger partial charge on any atom is 0.254 e. The molecule has 0 saturated carbocycles. The number of hydrogen-bond acceptors (Lipinski definition) is 1. The molecule has 0 unspecified atom stereocenters. The lowest BCUT2D eigenvalue weighted by Crippen LogP contribution is -2.48. The maximum atomic E-state index is 12.5. The Bertz CT molecular complexity index is 478. The van der Waals surface area contributed by atoms with Crippen molar-refractivity contribution in [3.8, 4) is 0 Å². The van der Waals surface area contributed by atoms with Gasteiger partial charge in [-0.05, 0) is 50.7 Å². The molecule has 0 radical (unpaired) electrons. The van der Waals surface area contributed by atoms with E-state index in [-0.39, 0.29) is 5.91 Å². The maximum absolute atomic E-state index is 12.5. The lowest BCUT2D eigenvalue weighted by molar-refractivity contribution is 0.0581. The molecular formula is C15H19NO. The van der Waals surface area contributed by atoms with Crippen LogP contribution in [0.3, 0.4) is 0 Å². The fourth-order valence-corrected chi connectivity index (χ4v) is 3.40. The van der Waals surface area contributed by atoms with Gasteiger partial charge in [-0.25, -0.2) is 0 Å². The van der Waals surface area contributed by atoms with E-state index >= 15 is 0 Å². The van der Waals surface area contributed by atoms with Gasteiger partial charge in [0.05, 0.1) is 0 Å². The summed E-state index contributed by atoms with van der Waals surface area (Å²) in [7, 11) is 0. The van der Waals surface area contributed by atoms with Crippen molar-refractivity contribution >= 4 is 5.91 Å². The lowest BCUT2D eigenvalue weighted by Gasteiger charge is -2.40. The van der Waals surface area contributed by atoms with Crippen LogP contribution in [0.15, 0.2) is 12.1 Å². The Morgan fingerprint density at radius 2 is 2.06 bits per heavy atom. The Morgan fingerprint density at radius 1 is 1.24 bits per heavy atom. The molecule has 0 spiro atoms. The summed E-state index contributed by atoms with van der Waals surface area (Å²) in [4.78, 5) is 14.6. The average molecular weight is 229 g/mol. The van der Waals surface area contributed by atoms with Gasteiger partial charge < -0.3 is 4.90 Å². The second kappa shape index (κ2) is 3.86. The van der Waals surface area contributed by atoms with E-state index in [1.165, 1.54) is 30.4 Å². The molecule has 90 valence electrons. The molecule has 2 aliphatic heterocycles. The standard InChI is InChI=1S/C15H19NO/c1-10-7-11(2)14-12(8-10)9-13-5-3-4-6-16(13)15(14)17/h7-8,13H,3-6,9H2,1-2H3/t13-/m1/s1. The minimum absolute atomic E-state index is 0.272. The van der Waals surface area contributed by atoms with Crippen molar-refractivity contribution in [2.24, 2.45) is 0 Å². The minimum Gasteiger partial charge on any atom is -0.335 e. The summed E-state index contributed by atoms with van der Waals surface area (Å²) in [5, 5.41) is 0. The van der Waals surface area contributed by atoms with Crippen LogP contribution in [0.25, 0.3) is 0 Å². The highest BCUT2D eigenvalue weighted by molar-refractivity contribution is 5.98. The van der Waals surface area contributed by atoms with Gasteiger partial charge in [-0.1, -0.05) is 17.7 Å². The average Bonchev–Trinajstić information content (AvgIpc) is 2.28. The Morgan fingerprint density at radius 3 is 2.88 bits per heavy atom. The number of fused-ring (bicyclic) bond motifs is 2. The number of benzene rings is 1. The van der Waals surface area contributed by atoms with Crippen molar-refractivity contribution in [3.05, 3.63) is 34.4 Å². The fourth-order valence-electron chi connectivity index (χ4n) is 3.40. The van der Waals surface area contributed by atoms with Crippen molar-refractivity contribution in [1.29, 1.82) is 0 Å². The molecule has 1 saturated heterocycles. The number of aryl methyl sites for hydroxylation is 2. The van der Waals surface area contributed by atoms with E-state index < -0.39 is 0 Å². The summed E-state index contributed by atoms with van der Waals surface area (Å²) in [6.07, 6.45) is 4.68. The van der Waals surface area contributed by atoms with E-state index in [2.05, 4.69) is 30.9 Å². The molecule has 1 fully saturated rings. The lowest BCUT2D eigenvalue weighted by atomic mass is 9.85. The largest absolute Gasteiger partial charge is 0.335 e. The van der Waals surface area contributed by atoms with Crippen molar-refractivity contribution in [2.75, 3.05) is 6.54 Å². The first kappa shape index (κ1) is 10.8. The van der Waals surface area contributed by atoms with E-state index in [9.17, 15) is 4.79 Å². The summed E-state index contributed by atoms with van der Waals surface area (Å²) in [6, 6.07) is 4.79. The number of hydrogen-bond donors (Lipinski definition) is 0. The van der Waals surface area contributed by atoms with Crippen LogP contribution in [0.5, 0.6) is 0 Å². The smallest absolute Gasteiger partial charge is 0.254 e. The Kier molecular flexibility index (Phi) is 2.46. The van der Waals surface area contributed by atoms with Crippen LogP contribution >= 0.6 is 0 Å². The third-order valence-electron chi connectivity index (χ3n) is 4.12. The molecule has 1 aromatic rings. The Hall–Kier alpha value is -1.31. The van der Waals surface area contributed by atoms with Gasteiger partial charge in [0, 0.05) is 18.2 Å². The molecule has 0 aromatic heterocycles. The SMILES string of the molecule is Cc1cc(C)c2c(c1)C[C@H]1CCCCN1C2=O. The van der Waals surface area contributed by atoms with Gasteiger partial charge in [-0.15, -0.1) is 0 Å². The van der Waals surface area contributed by atoms with Crippen molar-refractivity contribution in [3.63, 3.8) is 0 Å². The molecule has 1 aromatic carbocycles. The Labute approximate surface area is 103 Å². The predicted molar refractivity (Wildman–Crippen MR) is 68.3 cm³/mol. The molecule has 1 amide bonds. The third-order valence-corrected chi connectivity index (χ3v) is 4.12. The van der Waals surface area contributed by atoms with Gasteiger partial charge in [0.15, 0.2) is 0 Å². The number of rotatable bonds is 0. The molecule has 2 aliphatic rings. The second-order valence-corrected chi connectivity index (χ2v) is 5.47. The van der Waals surface area contributed by atoms with E-state index in [1.54, 1.807) is 0 Å². The first-order chi connectivity index (χ1) is 8.16. The zero-order chi connectivity index (χ0) is 12.0. The summed E-state index contributed by atoms with van der Waals surface area (Å²) in [5.41, 5.74) is 4.68. The zero-order valence-corrected chi connectivity index (χ0v) is 10.6. The van der Waals surface area contributed by atoms with Gasteiger partial charge in [0.25, 0.3) is 5.91 Å². The summed E-state index contributed by atoms with van der Waals surface area (Å²) in [6.45, 7) is 5.13. The quantitative estimate of drug-likeness (QED) is 0.670. The molecule has 2 heteroatoms. The van der Waals surface area contributed by atoms with Crippen molar-refractivity contribution in [2.45, 2.75) is 45.6 Å². The highest BCUT2D eigenvalue weighted by Crippen LogP contribution is 2.31. The van der Waals surface area contributed by atoms with E-state index in [0.29, 0.717) is 6.04 Å². The second-order valence-electron chi connectivity index (χ2n) is 5.47. The van der Waals surface area contributed by atoms with E-state index in [0.717, 1.165) is 24.1 Å². The van der Waals surface area contributed by atoms with Crippen molar-refractivity contribution in [1.82, 2.24) is 4.90 Å². The van der Waals surface area contributed by atoms with Crippen LogP contribution in [0.1, 0.15) is 46.3 Å². The van der Waals surface area contributed by atoms with Crippen LogP contribution in [0.4, 0.5) is 0 Å². The van der Waals surface area contributed by atoms with Gasteiger partial charge in [0.2, 0.25) is 0 Å². The van der Waals surface area contributed by atoms with Crippen LogP contribution < -0.4 is 0 Å². The number of piperidine rings is 1. The predicted octanol–water partition coefficient (Wildman–Crippen LogP) is 2.85. The highest BCUT2D eigenvalue weighted by atomic mass is 16.2. The molecule has 2 heterocycles. The van der Waals surface area contributed by atoms with Gasteiger partial charge in [0.1, 0.15) is 0 Å². The first-order valence-electron chi connectivity index (χ1n) is 6.58. The fraction of sp³-hybridized carbons (Fsp3) is 0.533. The molecule has 0 aliphatic carbocycles. The van der Waals surface area contributed by atoms with Gasteiger partial charge in [-0.2, -0.15) is 0 Å². The normalized spacial score (nSPS) is 23.3. The van der Waals surface area contributed by atoms with Crippen LogP contribution in [0.2, 0.25) is 0 Å². The first-order valence-corrected chi connectivity index (χ1v) is 6.58. The molecule has 1 atom stereocenters. The number of carbonyl (C=O) groups is 1. The number of amides is 1. The molecular weight excluding hydrogens is 210 g/mol. The minimum atomic E-state index is 0.272. The Balaban J connectivity index is 2.09. The molecule has 3 rings (SSSR count). The monoisotopic (exact) mass is 229 g/mol. The topological polar surface area (TPSA) is 20.3 Å². The van der Waals surface area contributed by atoms with Crippen LogP contribution in [0, 0.1) is 13.8 Å². The highest BCUT2D eigenvalue weighted by Gasteiger charge is 2.34. The number of carbonyl (C=O) groups excluding carboxylic acids is 1. The summed E-state index contributed by atoms with van der Waals surface area (Å²) < 4.78 is 0. The molecule has 0 N–H and O–H groups in total.